The minimum Gasteiger partial charge on any atom is -0.548 e. The molecule has 1 heterocycles. The number of aryl methyl sites for hydroxylation is 2. The highest BCUT2D eigenvalue weighted by molar-refractivity contribution is 5.90. The number of fused-ring (bicyclic) bond motifs is 1. The lowest BCUT2D eigenvalue weighted by Crippen LogP contribution is -2.48. The van der Waals surface area contributed by atoms with Crippen LogP contribution in [0.25, 0.3) is 11.0 Å². The molecule has 1 atom stereocenters. The molecule has 0 spiro atoms. The van der Waals surface area contributed by atoms with Gasteiger partial charge < -0.3 is 24.4 Å². The van der Waals surface area contributed by atoms with Crippen molar-refractivity contribution in [2.45, 2.75) is 39.7 Å². The molecule has 134 valence electrons. The van der Waals surface area contributed by atoms with Crippen LogP contribution in [0.1, 0.15) is 30.0 Å². The maximum absolute atomic E-state index is 12.3. The molecule has 2 rings (SSSR count). The molecule has 0 fully saturated rings. The first kappa shape index (κ1) is 18.5. The van der Waals surface area contributed by atoms with E-state index in [-0.39, 0.29) is 18.4 Å². The monoisotopic (exact) mass is 346 g/mol. The lowest BCUT2D eigenvalue weighted by Gasteiger charge is -2.18. The number of ether oxygens (including phenoxy) is 1. The molecule has 1 amide bonds. The standard InChI is InChI=1S/C18H21NO6/c1-5-12(17(21)22)19-15(20)8-11-10(3)16-13(24-4)6-9(2)7-14(16)25-18(11)23/h6-7,12H,5,8H2,1-4H3,(H,19,20)(H,21,22)/p-1/t12-/m0/s1. The van der Waals surface area contributed by atoms with Gasteiger partial charge in [-0.1, -0.05) is 6.92 Å². The number of nitrogens with one attached hydrogen (secondary N) is 1. The third-order valence-electron chi connectivity index (χ3n) is 4.07. The Morgan fingerprint density at radius 1 is 1.32 bits per heavy atom. The lowest BCUT2D eigenvalue weighted by atomic mass is 10.0. The van der Waals surface area contributed by atoms with Crippen molar-refractivity contribution in [3.8, 4) is 5.75 Å². The molecule has 7 nitrogen and oxygen atoms in total. The molecule has 0 saturated heterocycles. The summed E-state index contributed by atoms with van der Waals surface area (Å²) >= 11 is 0. The van der Waals surface area contributed by atoms with E-state index < -0.39 is 23.5 Å². The van der Waals surface area contributed by atoms with Gasteiger partial charge in [-0.2, -0.15) is 0 Å². The Morgan fingerprint density at radius 3 is 2.56 bits per heavy atom. The van der Waals surface area contributed by atoms with Gasteiger partial charge in [-0.25, -0.2) is 4.79 Å². The van der Waals surface area contributed by atoms with Crippen molar-refractivity contribution in [3.05, 3.63) is 39.2 Å². The molecular formula is C18H20NO6-. The number of amides is 1. The van der Waals surface area contributed by atoms with E-state index in [4.69, 9.17) is 9.15 Å². The summed E-state index contributed by atoms with van der Waals surface area (Å²) in [6.07, 6.45) is -0.0998. The van der Waals surface area contributed by atoms with Crippen molar-refractivity contribution in [2.75, 3.05) is 7.11 Å². The molecule has 0 aliphatic heterocycles. The third-order valence-corrected chi connectivity index (χ3v) is 4.07. The van der Waals surface area contributed by atoms with E-state index in [1.165, 1.54) is 7.11 Å². The summed E-state index contributed by atoms with van der Waals surface area (Å²) in [6.45, 7) is 5.17. The van der Waals surface area contributed by atoms with Crippen LogP contribution < -0.4 is 20.8 Å². The van der Waals surface area contributed by atoms with Crippen LogP contribution in [0.3, 0.4) is 0 Å². The van der Waals surface area contributed by atoms with Crippen LogP contribution in [0, 0.1) is 13.8 Å². The Labute approximate surface area is 144 Å². The average Bonchev–Trinajstić information content (AvgIpc) is 2.54. The van der Waals surface area contributed by atoms with Gasteiger partial charge >= 0.3 is 5.63 Å². The molecule has 1 N–H and O–H groups in total. The molecule has 0 aliphatic carbocycles. The number of methoxy groups -OCH3 is 1. The predicted molar refractivity (Wildman–Crippen MR) is 89.4 cm³/mol. The van der Waals surface area contributed by atoms with Gasteiger partial charge in [0.2, 0.25) is 5.91 Å². The van der Waals surface area contributed by atoms with Crippen LogP contribution in [-0.4, -0.2) is 25.0 Å². The normalized spacial score (nSPS) is 12.0. The Kier molecular flexibility index (Phi) is 5.46. The summed E-state index contributed by atoms with van der Waals surface area (Å²) in [6, 6.07) is 2.43. The zero-order valence-electron chi connectivity index (χ0n) is 14.6. The van der Waals surface area contributed by atoms with Crippen molar-refractivity contribution in [2.24, 2.45) is 0 Å². The summed E-state index contributed by atoms with van der Waals surface area (Å²) in [5, 5.41) is 13.9. The van der Waals surface area contributed by atoms with Crippen molar-refractivity contribution < 1.29 is 23.8 Å². The molecule has 0 aliphatic rings. The van der Waals surface area contributed by atoms with Crippen LogP contribution in [0.2, 0.25) is 0 Å². The zero-order chi connectivity index (χ0) is 18.7. The quantitative estimate of drug-likeness (QED) is 0.768. The Morgan fingerprint density at radius 2 is 2.00 bits per heavy atom. The number of carboxylic acids is 1. The number of aliphatic carboxylic acids is 1. The van der Waals surface area contributed by atoms with E-state index in [1.54, 1.807) is 19.9 Å². The molecule has 1 aromatic carbocycles. The van der Waals surface area contributed by atoms with Crippen LogP contribution in [0.15, 0.2) is 21.3 Å². The first-order valence-electron chi connectivity index (χ1n) is 7.89. The summed E-state index contributed by atoms with van der Waals surface area (Å²) < 4.78 is 10.7. The van der Waals surface area contributed by atoms with Gasteiger partial charge in [-0.3, -0.25) is 4.79 Å². The molecular weight excluding hydrogens is 326 g/mol. The maximum atomic E-state index is 12.3. The Hall–Kier alpha value is -2.83. The van der Waals surface area contributed by atoms with Crippen molar-refractivity contribution >= 4 is 22.8 Å². The van der Waals surface area contributed by atoms with Crippen LogP contribution in [0.4, 0.5) is 0 Å². The minimum absolute atomic E-state index is 0.167. The molecule has 25 heavy (non-hydrogen) atoms. The summed E-state index contributed by atoms with van der Waals surface area (Å²) in [7, 11) is 1.51. The maximum Gasteiger partial charge on any atom is 0.340 e. The minimum atomic E-state index is -1.37. The van der Waals surface area contributed by atoms with E-state index in [2.05, 4.69) is 5.32 Å². The van der Waals surface area contributed by atoms with Gasteiger partial charge in [0.05, 0.1) is 36.5 Å². The van der Waals surface area contributed by atoms with Crippen molar-refractivity contribution in [3.63, 3.8) is 0 Å². The number of rotatable bonds is 6. The van der Waals surface area contributed by atoms with Gasteiger partial charge in [0.1, 0.15) is 11.3 Å². The second-order valence-electron chi connectivity index (χ2n) is 5.86. The SMILES string of the molecule is CC[C@H](NC(=O)Cc1c(C)c2c(OC)cc(C)cc2oc1=O)C(=O)[O-]. The van der Waals surface area contributed by atoms with Gasteiger partial charge in [0, 0.05) is 0 Å². The Balaban J connectivity index is 2.45. The van der Waals surface area contributed by atoms with E-state index >= 15 is 0 Å². The molecule has 0 bridgehead atoms. The van der Waals surface area contributed by atoms with Crippen molar-refractivity contribution in [1.82, 2.24) is 5.32 Å². The fourth-order valence-electron chi connectivity index (χ4n) is 2.74. The summed E-state index contributed by atoms with van der Waals surface area (Å²) in [5.74, 6) is -1.41. The Bertz CT molecular complexity index is 883. The van der Waals surface area contributed by atoms with Crippen LogP contribution in [-0.2, 0) is 16.0 Å². The fraction of sp³-hybridized carbons (Fsp3) is 0.389. The molecule has 0 unspecified atom stereocenters. The molecule has 0 radical (unpaired) electrons. The van der Waals surface area contributed by atoms with E-state index in [9.17, 15) is 19.5 Å². The molecule has 2 aromatic rings. The first-order chi connectivity index (χ1) is 11.8. The molecule has 7 heteroatoms. The first-order valence-corrected chi connectivity index (χ1v) is 7.89. The van der Waals surface area contributed by atoms with Gasteiger partial charge in [-0.05, 0) is 43.5 Å². The summed E-state index contributed by atoms with van der Waals surface area (Å²) in [4.78, 5) is 35.3. The zero-order valence-corrected chi connectivity index (χ0v) is 14.6. The fourth-order valence-corrected chi connectivity index (χ4v) is 2.74. The average molecular weight is 346 g/mol. The van der Waals surface area contributed by atoms with Crippen LogP contribution in [0.5, 0.6) is 5.75 Å². The second kappa shape index (κ2) is 7.38. The van der Waals surface area contributed by atoms with E-state index in [0.29, 0.717) is 22.3 Å². The highest BCUT2D eigenvalue weighted by Gasteiger charge is 2.19. The van der Waals surface area contributed by atoms with E-state index in [1.807, 2.05) is 13.0 Å². The number of benzene rings is 1. The third kappa shape index (κ3) is 3.81. The highest BCUT2D eigenvalue weighted by Crippen LogP contribution is 2.30. The largest absolute Gasteiger partial charge is 0.548 e. The number of carbonyl (C=O) groups excluding carboxylic acids is 2. The molecule has 1 aromatic heterocycles. The topological polar surface area (TPSA) is 109 Å². The molecule has 0 saturated carbocycles. The number of carbonyl (C=O) groups is 2. The number of hydrogen-bond donors (Lipinski definition) is 1. The summed E-state index contributed by atoms with van der Waals surface area (Å²) in [5.41, 5.74) is 1.36. The highest BCUT2D eigenvalue weighted by atomic mass is 16.5. The second-order valence-corrected chi connectivity index (χ2v) is 5.86. The smallest absolute Gasteiger partial charge is 0.340 e. The van der Waals surface area contributed by atoms with E-state index in [0.717, 1.165) is 5.56 Å². The van der Waals surface area contributed by atoms with Gasteiger partial charge in [-0.15, -0.1) is 0 Å². The van der Waals surface area contributed by atoms with Gasteiger partial charge in [0.25, 0.3) is 0 Å². The number of hydrogen-bond acceptors (Lipinski definition) is 6. The van der Waals surface area contributed by atoms with Crippen LogP contribution >= 0.6 is 0 Å². The number of carboxylic acid groups (broad SMARTS) is 1. The van der Waals surface area contributed by atoms with Gasteiger partial charge in [0.15, 0.2) is 0 Å². The lowest BCUT2D eigenvalue weighted by molar-refractivity contribution is -0.308. The predicted octanol–water partition coefficient (Wildman–Crippen LogP) is 0.606. The van der Waals surface area contributed by atoms with Crippen molar-refractivity contribution in [1.29, 1.82) is 0 Å².